The Bertz CT molecular complexity index is 393. The minimum Gasteiger partial charge on any atom is -0.359 e. The lowest BCUT2D eigenvalue weighted by Gasteiger charge is -1.95. The summed E-state index contributed by atoms with van der Waals surface area (Å²) in [6, 6.07) is 1.69. The third-order valence-electron chi connectivity index (χ3n) is 1.58. The minimum atomic E-state index is -3.42. The smallest absolute Gasteiger partial charge is 0.264 e. The lowest BCUT2D eigenvalue weighted by molar-refractivity contribution is 0.254. The monoisotopic (exact) mass is 219 g/mol. The van der Waals surface area contributed by atoms with Crippen LogP contribution in [-0.2, 0) is 20.9 Å². The van der Waals surface area contributed by atoms with Crippen LogP contribution in [-0.4, -0.2) is 19.8 Å². The summed E-state index contributed by atoms with van der Waals surface area (Å²) in [6.07, 6.45) is 0.993. The van der Waals surface area contributed by atoms with Crippen LogP contribution < -0.4 is 0 Å². The van der Waals surface area contributed by atoms with Gasteiger partial charge in [0.05, 0.1) is 11.9 Å². The van der Waals surface area contributed by atoms with Crippen molar-refractivity contribution >= 4 is 10.1 Å². The molecule has 6 heteroatoms. The Morgan fingerprint density at radius 3 is 2.64 bits per heavy atom. The first-order valence-corrected chi connectivity index (χ1v) is 6.00. The zero-order valence-electron chi connectivity index (χ0n) is 8.35. The van der Waals surface area contributed by atoms with Crippen molar-refractivity contribution in [3.05, 3.63) is 17.5 Å². The van der Waals surface area contributed by atoms with Gasteiger partial charge in [-0.05, 0) is 5.92 Å². The number of aromatic nitrogens is 1. The molecule has 0 aliphatic carbocycles. The van der Waals surface area contributed by atoms with Gasteiger partial charge in [-0.15, -0.1) is 0 Å². The summed E-state index contributed by atoms with van der Waals surface area (Å²) >= 11 is 0. The van der Waals surface area contributed by atoms with Gasteiger partial charge in [-0.2, -0.15) is 8.42 Å². The van der Waals surface area contributed by atoms with Gasteiger partial charge in [0.1, 0.15) is 6.61 Å². The van der Waals surface area contributed by atoms with Gasteiger partial charge < -0.3 is 4.52 Å². The molecule has 0 bridgehead atoms. The second-order valence-corrected chi connectivity index (χ2v) is 4.98. The van der Waals surface area contributed by atoms with Crippen molar-refractivity contribution < 1.29 is 17.1 Å². The highest BCUT2D eigenvalue weighted by atomic mass is 32.2. The quantitative estimate of drug-likeness (QED) is 0.713. The molecule has 14 heavy (non-hydrogen) atoms. The number of hydrogen-bond acceptors (Lipinski definition) is 5. The van der Waals surface area contributed by atoms with Crippen molar-refractivity contribution in [2.75, 3.05) is 6.26 Å². The molecule has 0 saturated carbocycles. The van der Waals surface area contributed by atoms with E-state index in [0.717, 1.165) is 11.9 Å². The maximum atomic E-state index is 10.7. The average Bonchev–Trinajstić information content (AvgIpc) is 2.47. The van der Waals surface area contributed by atoms with E-state index in [2.05, 4.69) is 9.34 Å². The van der Waals surface area contributed by atoms with Crippen LogP contribution in [0.15, 0.2) is 10.6 Å². The van der Waals surface area contributed by atoms with Crippen LogP contribution in [0.4, 0.5) is 0 Å². The van der Waals surface area contributed by atoms with Crippen molar-refractivity contribution in [2.24, 2.45) is 0 Å². The van der Waals surface area contributed by atoms with E-state index in [4.69, 9.17) is 4.52 Å². The Morgan fingerprint density at radius 2 is 2.21 bits per heavy atom. The van der Waals surface area contributed by atoms with Crippen molar-refractivity contribution in [3.63, 3.8) is 0 Å². The predicted octanol–water partition coefficient (Wildman–Crippen LogP) is 1.27. The highest BCUT2D eigenvalue weighted by Crippen LogP contribution is 2.14. The SMILES string of the molecule is CC(C)c1cc(COS(C)(=O)=O)on1. The van der Waals surface area contributed by atoms with Gasteiger partial charge in [0, 0.05) is 6.07 Å². The van der Waals surface area contributed by atoms with Crippen LogP contribution in [0.3, 0.4) is 0 Å². The summed E-state index contributed by atoms with van der Waals surface area (Å²) in [6.45, 7) is 3.84. The lowest BCUT2D eigenvalue weighted by atomic mass is 10.1. The highest BCUT2D eigenvalue weighted by molar-refractivity contribution is 7.85. The number of nitrogens with zero attached hydrogens (tertiary/aromatic N) is 1. The van der Waals surface area contributed by atoms with Crippen molar-refractivity contribution in [1.82, 2.24) is 5.16 Å². The number of hydrogen-bond donors (Lipinski definition) is 0. The molecule has 1 heterocycles. The van der Waals surface area contributed by atoms with Gasteiger partial charge in [-0.25, -0.2) is 0 Å². The molecule has 5 nitrogen and oxygen atoms in total. The molecule has 0 aromatic carbocycles. The zero-order valence-corrected chi connectivity index (χ0v) is 9.17. The first kappa shape index (κ1) is 11.2. The fourth-order valence-electron chi connectivity index (χ4n) is 0.834. The zero-order chi connectivity index (χ0) is 10.8. The molecule has 0 saturated heterocycles. The van der Waals surface area contributed by atoms with Gasteiger partial charge in [0.25, 0.3) is 10.1 Å². The van der Waals surface area contributed by atoms with Crippen LogP contribution in [0.5, 0.6) is 0 Å². The summed E-state index contributed by atoms with van der Waals surface area (Å²) in [5.41, 5.74) is 0.789. The summed E-state index contributed by atoms with van der Waals surface area (Å²) in [5, 5.41) is 3.77. The van der Waals surface area contributed by atoms with Crippen LogP contribution in [0.1, 0.15) is 31.2 Å². The highest BCUT2D eigenvalue weighted by Gasteiger charge is 2.10. The molecule has 80 valence electrons. The van der Waals surface area contributed by atoms with Gasteiger partial charge in [0.2, 0.25) is 0 Å². The van der Waals surface area contributed by atoms with Gasteiger partial charge in [-0.1, -0.05) is 19.0 Å². The second kappa shape index (κ2) is 4.10. The molecule has 0 N–H and O–H groups in total. The van der Waals surface area contributed by atoms with Gasteiger partial charge in [0.15, 0.2) is 5.76 Å². The topological polar surface area (TPSA) is 69.4 Å². The molecular weight excluding hydrogens is 206 g/mol. The third-order valence-corrected chi connectivity index (χ3v) is 2.13. The Hall–Kier alpha value is -0.880. The molecule has 0 radical (unpaired) electrons. The van der Waals surface area contributed by atoms with E-state index in [-0.39, 0.29) is 12.5 Å². The Kier molecular flexibility index (Phi) is 3.28. The fourth-order valence-corrected chi connectivity index (χ4v) is 1.16. The van der Waals surface area contributed by atoms with Crippen molar-refractivity contribution in [3.8, 4) is 0 Å². The Morgan fingerprint density at radius 1 is 1.57 bits per heavy atom. The third kappa shape index (κ3) is 3.47. The fraction of sp³-hybridized carbons (Fsp3) is 0.625. The van der Waals surface area contributed by atoms with E-state index in [1.165, 1.54) is 0 Å². The normalized spacial score (nSPS) is 12.3. The summed E-state index contributed by atoms with van der Waals surface area (Å²) < 4.78 is 30.8. The lowest BCUT2D eigenvalue weighted by Crippen LogP contribution is -2.01. The van der Waals surface area contributed by atoms with Crippen molar-refractivity contribution in [1.29, 1.82) is 0 Å². The Labute approximate surface area is 83.2 Å². The van der Waals surface area contributed by atoms with E-state index in [9.17, 15) is 8.42 Å². The Balaban J connectivity index is 2.61. The van der Waals surface area contributed by atoms with Crippen LogP contribution in [0, 0.1) is 0 Å². The van der Waals surface area contributed by atoms with E-state index < -0.39 is 10.1 Å². The van der Waals surface area contributed by atoms with E-state index >= 15 is 0 Å². The maximum absolute atomic E-state index is 10.7. The molecule has 0 fully saturated rings. The molecule has 0 aliphatic heterocycles. The largest absolute Gasteiger partial charge is 0.359 e. The second-order valence-electron chi connectivity index (χ2n) is 3.34. The standard InChI is InChI=1S/C8H13NO4S/c1-6(2)8-4-7(13-9-8)5-12-14(3,10)11/h4,6H,5H2,1-3H3. The van der Waals surface area contributed by atoms with Crippen LogP contribution in [0.25, 0.3) is 0 Å². The van der Waals surface area contributed by atoms with E-state index in [1.807, 2.05) is 13.8 Å². The molecule has 0 spiro atoms. The average molecular weight is 219 g/mol. The molecule has 0 aliphatic rings. The van der Waals surface area contributed by atoms with Crippen LogP contribution in [0.2, 0.25) is 0 Å². The van der Waals surface area contributed by atoms with Gasteiger partial charge >= 0.3 is 0 Å². The summed E-state index contributed by atoms with van der Waals surface area (Å²) in [5.74, 6) is 0.671. The summed E-state index contributed by atoms with van der Waals surface area (Å²) in [7, 11) is -3.42. The molecule has 0 atom stereocenters. The number of rotatable bonds is 4. The maximum Gasteiger partial charge on any atom is 0.264 e. The van der Waals surface area contributed by atoms with E-state index in [0.29, 0.717) is 5.76 Å². The first-order valence-electron chi connectivity index (χ1n) is 4.18. The van der Waals surface area contributed by atoms with Crippen LogP contribution >= 0.6 is 0 Å². The molecular formula is C8H13NO4S. The molecule has 0 unspecified atom stereocenters. The first-order chi connectivity index (χ1) is 6.38. The summed E-state index contributed by atoms with van der Waals surface area (Å²) in [4.78, 5) is 0. The van der Waals surface area contributed by atoms with E-state index in [1.54, 1.807) is 6.07 Å². The predicted molar refractivity (Wildman–Crippen MR) is 50.2 cm³/mol. The molecule has 1 aromatic rings. The van der Waals surface area contributed by atoms with Gasteiger partial charge in [-0.3, -0.25) is 4.18 Å². The minimum absolute atomic E-state index is 0.0987. The molecule has 1 aromatic heterocycles. The molecule has 0 amide bonds. The van der Waals surface area contributed by atoms with Crippen molar-refractivity contribution in [2.45, 2.75) is 26.4 Å². The molecule has 1 rings (SSSR count).